The van der Waals surface area contributed by atoms with Gasteiger partial charge in [-0.15, -0.1) is 0 Å². The van der Waals surface area contributed by atoms with Gasteiger partial charge in [0.05, 0.1) is 23.4 Å². The lowest BCUT2D eigenvalue weighted by atomic mass is 10.1. The van der Waals surface area contributed by atoms with Crippen LogP contribution in [-0.2, 0) is 14.3 Å². The number of amides is 2. The number of hydrogen-bond acceptors (Lipinski definition) is 4. The summed E-state index contributed by atoms with van der Waals surface area (Å²) in [5.41, 5.74) is 0.451. The summed E-state index contributed by atoms with van der Waals surface area (Å²) in [6, 6.07) is 4.33. The largest absolute Gasteiger partial charge is 0.465 e. The van der Waals surface area contributed by atoms with Crippen LogP contribution in [-0.4, -0.2) is 42.9 Å². The van der Waals surface area contributed by atoms with Gasteiger partial charge in [0.2, 0.25) is 0 Å². The van der Waals surface area contributed by atoms with Crippen LogP contribution in [0.25, 0.3) is 0 Å². The first-order valence-electron chi connectivity index (χ1n) is 7.01. The Bertz CT molecular complexity index is 597. The first-order valence-corrected chi connectivity index (χ1v) is 7.39. The van der Waals surface area contributed by atoms with Crippen molar-refractivity contribution in [3.05, 3.63) is 28.8 Å². The summed E-state index contributed by atoms with van der Waals surface area (Å²) in [5.74, 6) is -1.89. The van der Waals surface area contributed by atoms with Gasteiger partial charge in [-0.1, -0.05) is 11.6 Å². The molecule has 1 heterocycles. The van der Waals surface area contributed by atoms with Gasteiger partial charge in [-0.25, -0.2) is 4.79 Å². The maximum atomic E-state index is 12.1. The van der Waals surface area contributed by atoms with Crippen molar-refractivity contribution in [1.82, 2.24) is 4.90 Å². The number of anilines is 1. The number of esters is 1. The molecule has 1 aliphatic rings. The van der Waals surface area contributed by atoms with Gasteiger partial charge in [-0.2, -0.15) is 0 Å². The Morgan fingerprint density at radius 2 is 1.86 bits per heavy atom. The summed E-state index contributed by atoms with van der Waals surface area (Å²) in [6.07, 6.45) is 2.87. The van der Waals surface area contributed by atoms with E-state index in [2.05, 4.69) is 10.1 Å². The average molecular weight is 325 g/mol. The minimum atomic E-state index is -0.759. The van der Waals surface area contributed by atoms with Crippen molar-refractivity contribution in [1.29, 1.82) is 0 Å². The van der Waals surface area contributed by atoms with E-state index in [0.717, 1.165) is 19.3 Å². The minimum absolute atomic E-state index is 0.208. The Labute approximate surface area is 133 Å². The average Bonchev–Trinajstić information content (AvgIpc) is 2.56. The summed E-state index contributed by atoms with van der Waals surface area (Å²) in [5, 5.41) is 2.70. The van der Waals surface area contributed by atoms with E-state index < -0.39 is 17.8 Å². The minimum Gasteiger partial charge on any atom is -0.465 e. The Kier molecular flexibility index (Phi) is 5.38. The lowest BCUT2D eigenvalue weighted by molar-refractivity contribution is -0.143. The molecule has 1 N–H and O–H groups in total. The highest BCUT2D eigenvalue weighted by Gasteiger charge is 2.24. The fourth-order valence-corrected chi connectivity index (χ4v) is 2.45. The predicted molar refractivity (Wildman–Crippen MR) is 81.9 cm³/mol. The van der Waals surface area contributed by atoms with E-state index in [1.807, 2.05) is 0 Å². The summed E-state index contributed by atoms with van der Waals surface area (Å²) in [4.78, 5) is 37.1. The summed E-state index contributed by atoms with van der Waals surface area (Å²) in [7, 11) is 1.26. The fourth-order valence-electron chi connectivity index (χ4n) is 2.28. The number of benzene rings is 1. The third kappa shape index (κ3) is 3.76. The molecule has 1 aromatic rings. The fraction of sp³-hybridized carbons (Fsp3) is 0.400. The number of nitrogens with zero attached hydrogens (tertiary/aromatic N) is 1. The second-order valence-corrected chi connectivity index (χ2v) is 5.40. The van der Waals surface area contributed by atoms with Gasteiger partial charge < -0.3 is 15.0 Å². The van der Waals surface area contributed by atoms with Crippen molar-refractivity contribution in [3.8, 4) is 0 Å². The number of nitrogens with one attached hydrogen (secondary N) is 1. The van der Waals surface area contributed by atoms with E-state index in [1.54, 1.807) is 0 Å². The Morgan fingerprint density at radius 1 is 1.18 bits per heavy atom. The third-order valence-corrected chi connectivity index (χ3v) is 3.80. The van der Waals surface area contributed by atoms with Gasteiger partial charge in [-0.05, 0) is 37.5 Å². The molecule has 0 spiro atoms. The van der Waals surface area contributed by atoms with Crippen molar-refractivity contribution in [2.75, 3.05) is 25.5 Å². The molecular weight excluding hydrogens is 308 g/mol. The molecule has 0 aromatic heterocycles. The molecule has 118 valence electrons. The standard InChI is InChI=1S/C15H17ClN2O4/c1-22-15(21)10-5-6-11(16)12(9-10)17-13(19)14(20)18-7-3-2-4-8-18/h5-6,9H,2-4,7-8H2,1H3,(H,17,19). The summed E-state index contributed by atoms with van der Waals surface area (Å²) < 4.78 is 4.61. The molecule has 0 saturated carbocycles. The lowest BCUT2D eigenvalue weighted by Gasteiger charge is -2.26. The highest BCUT2D eigenvalue weighted by atomic mass is 35.5. The molecule has 6 nitrogen and oxygen atoms in total. The number of likely N-dealkylation sites (tertiary alicyclic amines) is 1. The molecule has 0 aliphatic carbocycles. The predicted octanol–water partition coefficient (Wildman–Crippen LogP) is 2.08. The summed E-state index contributed by atoms with van der Waals surface area (Å²) in [6.45, 7) is 1.17. The molecule has 22 heavy (non-hydrogen) atoms. The zero-order chi connectivity index (χ0) is 16.1. The number of rotatable bonds is 2. The Morgan fingerprint density at radius 3 is 2.50 bits per heavy atom. The molecule has 1 fully saturated rings. The van der Waals surface area contributed by atoms with Crippen molar-refractivity contribution in [2.24, 2.45) is 0 Å². The van der Waals surface area contributed by atoms with E-state index in [9.17, 15) is 14.4 Å². The molecule has 1 saturated heterocycles. The van der Waals surface area contributed by atoms with E-state index in [4.69, 9.17) is 11.6 Å². The molecule has 7 heteroatoms. The zero-order valence-electron chi connectivity index (χ0n) is 12.2. The van der Waals surface area contributed by atoms with Crippen LogP contribution in [0.5, 0.6) is 0 Å². The summed E-state index contributed by atoms with van der Waals surface area (Å²) >= 11 is 5.99. The number of piperidine rings is 1. The second kappa shape index (κ2) is 7.26. The Balaban J connectivity index is 2.10. The maximum Gasteiger partial charge on any atom is 0.337 e. The molecule has 1 aromatic carbocycles. The highest BCUT2D eigenvalue weighted by Crippen LogP contribution is 2.23. The molecule has 0 atom stereocenters. The maximum absolute atomic E-state index is 12.1. The number of ether oxygens (including phenoxy) is 1. The lowest BCUT2D eigenvalue weighted by Crippen LogP contribution is -2.42. The highest BCUT2D eigenvalue weighted by molar-refractivity contribution is 6.41. The molecule has 2 amide bonds. The van der Waals surface area contributed by atoms with Crippen LogP contribution < -0.4 is 5.32 Å². The smallest absolute Gasteiger partial charge is 0.337 e. The number of halogens is 1. The van der Waals surface area contributed by atoms with Crippen molar-refractivity contribution < 1.29 is 19.1 Å². The molecule has 0 bridgehead atoms. The van der Waals surface area contributed by atoms with Gasteiger partial charge in [0.15, 0.2) is 0 Å². The van der Waals surface area contributed by atoms with Crippen molar-refractivity contribution >= 4 is 35.1 Å². The molecule has 2 rings (SSSR count). The quantitative estimate of drug-likeness (QED) is 0.667. The SMILES string of the molecule is COC(=O)c1ccc(Cl)c(NC(=O)C(=O)N2CCCCC2)c1. The van der Waals surface area contributed by atoms with E-state index >= 15 is 0 Å². The number of methoxy groups -OCH3 is 1. The van der Waals surface area contributed by atoms with Gasteiger partial charge in [0.25, 0.3) is 0 Å². The molecule has 0 unspecified atom stereocenters. The van der Waals surface area contributed by atoms with Crippen LogP contribution in [0.3, 0.4) is 0 Å². The first kappa shape index (κ1) is 16.3. The van der Waals surface area contributed by atoms with Crippen LogP contribution in [0.4, 0.5) is 5.69 Å². The van der Waals surface area contributed by atoms with Crippen LogP contribution in [0.1, 0.15) is 29.6 Å². The van der Waals surface area contributed by atoms with Crippen LogP contribution >= 0.6 is 11.6 Å². The monoisotopic (exact) mass is 324 g/mol. The van der Waals surface area contributed by atoms with Gasteiger partial charge in [-0.3, -0.25) is 9.59 Å². The van der Waals surface area contributed by atoms with Crippen molar-refractivity contribution in [3.63, 3.8) is 0 Å². The van der Waals surface area contributed by atoms with E-state index in [0.29, 0.717) is 13.1 Å². The number of carbonyl (C=O) groups is 3. The molecule has 0 radical (unpaired) electrons. The van der Waals surface area contributed by atoms with E-state index in [-0.39, 0.29) is 16.3 Å². The van der Waals surface area contributed by atoms with Gasteiger partial charge >= 0.3 is 17.8 Å². The second-order valence-electron chi connectivity index (χ2n) is 4.99. The number of hydrogen-bond donors (Lipinski definition) is 1. The van der Waals surface area contributed by atoms with Crippen molar-refractivity contribution in [2.45, 2.75) is 19.3 Å². The van der Waals surface area contributed by atoms with Crippen LogP contribution in [0.2, 0.25) is 5.02 Å². The van der Waals surface area contributed by atoms with E-state index in [1.165, 1.54) is 30.2 Å². The van der Waals surface area contributed by atoms with Gasteiger partial charge in [0.1, 0.15) is 0 Å². The van der Waals surface area contributed by atoms with Gasteiger partial charge in [0, 0.05) is 13.1 Å². The first-order chi connectivity index (χ1) is 10.5. The van der Waals surface area contributed by atoms with Crippen LogP contribution in [0.15, 0.2) is 18.2 Å². The molecule has 1 aliphatic heterocycles. The topological polar surface area (TPSA) is 75.7 Å². The zero-order valence-corrected chi connectivity index (χ0v) is 13.0. The normalized spacial score (nSPS) is 14.4. The molecular formula is C15H17ClN2O4. The third-order valence-electron chi connectivity index (χ3n) is 3.47. The van der Waals surface area contributed by atoms with Crippen LogP contribution in [0, 0.1) is 0 Å². The number of carbonyl (C=O) groups excluding carboxylic acids is 3. The Hall–Kier alpha value is -2.08.